The first-order valence-corrected chi connectivity index (χ1v) is 7.05. The lowest BCUT2D eigenvalue weighted by molar-refractivity contribution is -0.117. The summed E-state index contributed by atoms with van der Waals surface area (Å²) in [6, 6.07) is 7.89. The Morgan fingerprint density at radius 3 is 3.11 bits per heavy atom. The molecular weight excluding hydrogens is 260 g/mol. The highest BCUT2D eigenvalue weighted by Gasteiger charge is 2.28. The van der Waals surface area contributed by atoms with Crippen LogP contribution in [0, 0.1) is 0 Å². The Balaban J connectivity index is 1.75. The van der Waals surface area contributed by atoms with Gasteiger partial charge in [-0.2, -0.15) is 0 Å². The van der Waals surface area contributed by atoms with Gasteiger partial charge in [0.05, 0.1) is 5.92 Å². The van der Waals surface area contributed by atoms with E-state index in [1.807, 2.05) is 31.2 Å². The zero-order valence-electron chi connectivity index (χ0n) is 10.5. The highest BCUT2D eigenvalue weighted by Crippen LogP contribution is 2.32. The molecule has 0 saturated heterocycles. The number of anilines is 2. The first kappa shape index (κ1) is 12.1. The highest BCUT2D eigenvalue weighted by molar-refractivity contribution is 7.15. The van der Waals surface area contributed by atoms with Crippen LogP contribution in [0.2, 0.25) is 0 Å². The fraction of sp³-hybridized carbons (Fsp3) is 0.308. The number of carbonyl (C=O) groups excluding carboxylic acids is 1. The van der Waals surface area contributed by atoms with E-state index in [9.17, 15) is 4.79 Å². The Labute approximate surface area is 115 Å². The molecule has 1 unspecified atom stereocenters. The first-order valence-electron chi connectivity index (χ1n) is 6.24. The lowest BCUT2D eigenvalue weighted by Gasteiger charge is -2.08. The molecule has 2 heterocycles. The molecule has 1 aliphatic rings. The van der Waals surface area contributed by atoms with Crippen molar-refractivity contribution >= 4 is 28.1 Å². The Kier molecular flexibility index (Phi) is 3.16. The Bertz CT molecular complexity index is 610. The van der Waals surface area contributed by atoms with Crippen LogP contribution >= 0.6 is 11.3 Å². The Morgan fingerprint density at radius 2 is 2.32 bits per heavy atom. The topological polar surface area (TPSA) is 66.9 Å². The van der Waals surface area contributed by atoms with Crippen molar-refractivity contribution in [2.45, 2.75) is 19.3 Å². The summed E-state index contributed by atoms with van der Waals surface area (Å²) in [5.74, 6) is -0.193. The number of aryl methyl sites for hydroxylation is 1. The van der Waals surface area contributed by atoms with E-state index in [4.69, 9.17) is 0 Å². The summed E-state index contributed by atoms with van der Waals surface area (Å²) in [7, 11) is 0. The smallest absolute Gasteiger partial charge is 0.235 e. The van der Waals surface area contributed by atoms with Crippen molar-refractivity contribution in [2.75, 3.05) is 17.2 Å². The molecule has 0 saturated carbocycles. The molecule has 2 N–H and O–H groups in total. The SMILES string of the molecule is CCc1nnc(NC(=O)C2CNc3ccccc32)s1. The summed E-state index contributed by atoms with van der Waals surface area (Å²) in [6.07, 6.45) is 0.835. The predicted octanol–water partition coefficient (Wildman–Crippen LogP) is 2.25. The molecule has 1 aromatic heterocycles. The largest absolute Gasteiger partial charge is 0.384 e. The zero-order valence-corrected chi connectivity index (χ0v) is 11.3. The number of amides is 1. The summed E-state index contributed by atoms with van der Waals surface area (Å²) < 4.78 is 0. The van der Waals surface area contributed by atoms with E-state index in [-0.39, 0.29) is 11.8 Å². The van der Waals surface area contributed by atoms with Crippen molar-refractivity contribution in [2.24, 2.45) is 0 Å². The maximum Gasteiger partial charge on any atom is 0.235 e. The fourth-order valence-electron chi connectivity index (χ4n) is 2.16. The third-order valence-electron chi connectivity index (χ3n) is 3.15. The number of para-hydroxylation sites is 1. The van der Waals surface area contributed by atoms with Gasteiger partial charge in [-0.15, -0.1) is 10.2 Å². The van der Waals surface area contributed by atoms with Gasteiger partial charge in [0.2, 0.25) is 11.0 Å². The minimum atomic E-state index is -0.162. The van der Waals surface area contributed by atoms with Gasteiger partial charge in [-0.05, 0) is 18.1 Å². The molecule has 6 heteroatoms. The molecule has 0 fully saturated rings. The molecule has 5 nitrogen and oxygen atoms in total. The number of nitrogens with zero attached hydrogens (tertiary/aromatic N) is 2. The van der Waals surface area contributed by atoms with Crippen LogP contribution in [0.15, 0.2) is 24.3 Å². The molecule has 98 valence electrons. The van der Waals surface area contributed by atoms with Gasteiger partial charge in [0.1, 0.15) is 5.01 Å². The van der Waals surface area contributed by atoms with Crippen LogP contribution in [0.25, 0.3) is 0 Å². The third kappa shape index (κ3) is 2.31. The van der Waals surface area contributed by atoms with Gasteiger partial charge >= 0.3 is 0 Å². The number of rotatable bonds is 3. The Hall–Kier alpha value is -1.95. The van der Waals surface area contributed by atoms with Gasteiger partial charge in [0.15, 0.2) is 0 Å². The molecular formula is C13H14N4OS. The molecule has 0 spiro atoms. The molecule has 1 atom stereocenters. The second-order valence-electron chi connectivity index (χ2n) is 4.36. The predicted molar refractivity (Wildman–Crippen MR) is 75.6 cm³/mol. The maximum absolute atomic E-state index is 12.3. The second kappa shape index (κ2) is 4.97. The van der Waals surface area contributed by atoms with Crippen LogP contribution in [0.4, 0.5) is 10.8 Å². The van der Waals surface area contributed by atoms with E-state index < -0.39 is 0 Å². The van der Waals surface area contributed by atoms with E-state index >= 15 is 0 Å². The zero-order chi connectivity index (χ0) is 13.2. The number of aromatic nitrogens is 2. The number of hydrogen-bond acceptors (Lipinski definition) is 5. The summed E-state index contributed by atoms with van der Waals surface area (Å²) in [5.41, 5.74) is 2.08. The lowest BCUT2D eigenvalue weighted by Crippen LogP contribution is -2.22. The minimum Gasteiger partial charge on any atom is -0.384 e. The van der Waals surface area contributed by atoms with Crippen LogP contribution in [0.3, 0.4) is 0 Å². The van der Waals surface area contributed by atoms with Crippen LogP contribution in [-0.4, -0.2) is 22.6 Å². The van der Waals surface area contributed by atoms with Crippen LogP contribution in [0.1, 0.15) is 23.4 Å². The molecule has 0 radical (unpaired) electrons. The molecule has 1 aliphatic heterocycles. The molecule has 19 heavy (non-hydrogen) atoms. The molecule has 0 aliphatic carbocycles. The van der Waals surface area contributed by atoms with Crippen LogP contribution < -0.4 is 10.6 Å². The normalized spacial score (nSPS) is 16.8. The van der Waals surface area contributed by atoms with Gasteiger partial charge in [-0.25, -0.2) is 0 Å². The minimum absolute atomic E-state index is 0.0312. The molecule has 3 rings (SSSR count). The van der Waals surface area contributed by atoms with Gasteiger partial charge in [-0.3, -0.25) is 10.1 Å². The van der Waals surface area contributed by atoms with Crippen molar-refractivity contribution in [3.63, 3.8) is 0 Å². The summed E-state index contributed by atoms with van der Waals surface area (Å²) in [5, 5.41) is 15.6. The molecule has 0 bridgehead atoms. The van der Waals surface area contributed by atoms with E-state index in [2.05, 4.69) is 20.8 Å². The number of benzene rings is 1. The van der Waals surface area contributed by atoms with Crippen molar-refractivity contribution in [1.82, 2.24) is 10.2 Å². The van der Waals surface area contributed by atoms with E-state index in [1.165, 1.54) is 11.3 Å². The first-order chi connectivity index (χ1) is 9.28. The van der Waals surface area contributed by atoms with Crippen molar-refractivity contribution in [1.29, 1.82) is 0 Å². The van der Waals surface area contributed by atoms with Gasteiger partial charge in [0, 0.05) is 12.2 Å². The summed E-state index contributed by atoms with van der Waals surface area (Å²) in [6.45, 7) is 2.65. The average Bonchev–Trinajstić information content (AvgIpc) is 3.04. The standard InChI is InChI=1S/C13H14N4OS/c1-2-11-16-17-13(19-11)15-12(18)9-7-14-10-6-4-3-5-8(9)10/h3-6,9,14H,2,7H2,1H3,(H,15,17,18). The van der Waals surface area contributed by atoms with Gasteiger partial charge in [-0.1, -0.05) is 36.5 Å². The van der Waals surface area contributed by atoms with Crippen LogP contribution in [0.5, 0.6) is 0 Å². The maximum atomic E-state index is 12.3. The summed E-state index contributed by atoms with van der Waals surface area (Å²) >= 11 is 1.43. The van der Waals surface area contributed by atoms with E-state index in [1.54, 1.807) is 0 Å². The van der Waals surface area contributed by atoms with Crippen molar-refractivity contribution < 1.29 is 4.79 Å². The van der Waals surface area contributed by atoms with Gasteiger partial charge < -0.3 is 5.32 Å². The molecule has 2 aromatic rings. The molecule has 1 aromatic carbocycles. The second-order valence-corrected chi connectivity index (χ2v) is 5.43. The highest BCUT2D eigenvalue weighted by atomic mass is 32.1. The van der Waals surface area contributed by atoms with E-state index in [0.29, 0.717) is 11.7 Å². The lowest BCUT2D eigenvalue weighted by atomic mass is 10.0. The average molecular weight is 274 g/mol. The van der Waals surface area contributed by atoms with Gasteiger partial charge in [0.25, 0.3) is 0 Å². The number of hydrogen-bond donors (Lipinski definition) is 2. The number of fused-ring (bicyclic) bond motifs is 1. The monoisotopic (exact) mass is 274 g/mol. The number of nitrogens with one attached hydrogen (secondary N) is 2. The Morgan fingerprint density at radius 1 is 1.47 bits per heavy atom. The summed E-state index contributed by atoms with van der Waals surface area (Å²) in [4.78, 5) is 12.3. The quantitative estimate of drug-likeness (QED) is 0.901. The van der Waals surface area contributed by atoms with Crippen molar-refractivity contribution in [3.05, 3.63) is 34.8 Å². The van der Waals surface area contributed by atoms with Crippen LogP contribution in [-0.2, 0) is 11.2 Å². The number of carbonyl (C=O) groups is 1. The third-order valence-corrected chi connectivity index (χ3v) is 4.13. The van der Waals surface area contributed by atoms with E-state index in [0.717, 1.165) is 22.7 Å². The van der Waals surface area contributed by atoms with Crippen molar-refractivity contribution in [3.8, 4) is 0 Å². The molecule has 1 amide bonds. The fourth-order valence-corrected chi connectivity index (χ4v) is 2.84.